The van der Waals surface area contributed by atoms with Crippen molar-refractivity contribution in [2.45, 2.75) is 13.3 Å². The minimum absolute atomic E-state index is 0.0880. The maximum Gasteiger partial charge on any atom is 0.223 e. The Morgan fingerprint density at radius 2 is 2.26 bits per heavy atom. The van der Waals surface area contributed by atoms with E-state index in [1.807, 2.05) is 6.92 Å². The van der Waals surface area contributed by atoms with Crippen LogP contribution in [0.15, 0.2) is 18.3 Å². The number of hydrogen-bond donors (Lipinski definition) is 1. The molecule has 0 spiro atoms. The zero-order valence-corrected chi connectivity index (χ0v) is 11.0. The van der Waals surface area contributed by atoms with Crippen molar-refractivity contribution < 1.29 is 4.79 Å². The Morgan fingerprint density at radius 1 is 1.47 bits per heavy atom. The number of halogens is 1. The topological polar surface area (TPSA) is 86.7 Å². The van der Waals surface area contributed by atoms with E-state index in [1.165, 1.54) is 6.08 Å². The molecule has 0 radical (unpaired) electrons. The molecule has 98 valence electrons. The predicted molar refractivity (Wildman–Crippen MR) is 73.1 cm³/mol. The molecule has 0 aliphatic heterocycles. The van der Waals surface area contributed by atoms with Crippen molar-refractivity contribution in [3.8, 4) is 5.82 Å². The van der Waals surface area contributed by atoms with Crippen LogP contribution in [0, 0.1) is 0 Å². The van der Waals surface area contributed by atoms with Gasteiger partial charge in [0.2, 0.25) is 5.95 Å². The molecule has 0 unspecified atom stereocenters. The molecule has 0 saturated heterocycles. The van der Waals surface area contributed by atoms with Crippen LogP contribution in [-0.2, 0) is 11.2 Å². The smallest absolute Gasteiger partial charge is 0.223 e. The number of aldehydes is 1. The molecule has 2 rings (SSSR count). The normalized spacial score (nSPS) is 11.1. The molecule has 2 heterocycles. The number of rotatable bonds is 4. The Labute approximate surface area is 114 Å². The average Bonchev–Trinajstić information content (AvgIpc) is 2.77. The first-order valence-corrected chi connectivity index (χ1v) is 6.02. The Morgan fingerprint density at radius 3 is 2.89 bits per heavy atom. The number of nitrogens with zero attached hydrogens (tertiary/aromatic N) is 4. The lowest BCUT2D eigenvalue weighted by molar-refractivity contribution is -0.104. The largest absolute Gasteiger partial charge is 0.368 e. The molecule has 0 aliphatic rings. The minimum atomic E-state index is 0.0880. The van der Waals surface area contributed by atoms with E-state index in [9.17, 15) is 4.79 Å². The average molecular weight is 278 g/mol. The molecule has 0 aromatic carbocycles. The van der Waals surface area contributed by atoms with E-state index in [-0.39, 0.29) is 11.1 Å². The Bertz CT molecular complexity index is 615. The molecule has 0 amide bonds. The van der Waals surface area contributed by atoms with Gasteiger partial charge in [0.25, 0.3) is 0 Å². The Balaban J connectivity index is 2.53. The molecule has 0 saturated carbocycles. The Kier molecular flexibility index (Phi) is 3.91. The van der Waals surface area contributed by atoms with E-state index in [0.717, 1.165) is 24.0 Å². The van der Waals surface area contributed by atoms with Gasteiger partial charge < -0.3 is 5.73 Å². The fourth-order valence-corrected chi connectivity index (χ4v) is 1.94. The lowest BCUT2D eigenvalue weighted by Crippen LogP contribution is -2.07. The standard InChI is InChI=1S/C12H12ClN5O/c1-2-9-8(4-3-5-19)7-15-18(9)11-6-10(13)16-12(14)17-11/h3-7H,2H2,1H3,(H2,14,16,17). The van der Waals surface area contributed by atoms with E-state index in [1.54, 1.807) is 23.0 Å². The lowest BCUT2D eigenvalue weighted by Gasteiger charge is -2.06. The Hall–Kier alpha value is -2.21. The van der Waals surface area contributed by atoms with Gasteiger partial charge in [-0.1, -0.05) is 18.5 Å². The van der Waals surface area contributed by atoms with Crippen molar-refractivity contribution in [3.05, 3.63) is 34.7 Å². The molecule has 19 heavy (non-hydrogen) atoms. The number of anilines is 1. The molecular weight excluding hydrogens is 266 g/mol. The summed E-state index contributed by atoms with van der Waals surface area (Å²) in [6.45, 7) is 1.98. The summed E-state index contributed by atoms with van der Waals surface area (Å²) in [6, 6.07) is 1.58. The van der Waals surface area contributed by atoms with Gasteiger partial charge in [-0.2, -0.15) is 10.1 Å². The van der Waals surface area contributed by atoms with E-state index in [4.69, 9.17) is 17.3 Å². The fraction of sp³-hybridized carbons (Fsp3) is 0.167. The van der Waals surface area contributed by atoms with Crippen LogP contribution in [0.1, 0.15) is 18.2 Å². The van der Waals surface area contributed by atoms with Gasteiger partial charge in [0, 0.05) is 11.6 Å². The second kappa shape index (κ2) is 5.62. The molecule has 7 heteroatoms. The molecular formula is C12H12ClN5O. The highest BCUT2D eigenvalue weighted by molar-refractivity contribution is 6.29. The van der Waals surface area contributed by atoms with Crippen molar-refractivity contribution in [3.63, 3.8) is 0 Å². The number of carbonyl (C=O) groups is 1. The summed E-state index contributed by atoms with van der Waals surface area (Å²) in [7, 11) is 0. The highest BCUT2D eigenvalue weighted by Crippen LogP contribution is 2.18. The van der Waals surface area contributed by atoms with E-state index in [2.05, 4.69) is 15.1 Å². The van der Waals surface area contributed by atoms with E-state index >= 15 is 0 Å². The van der Waals surface area contributed by atoms with Crippen LogP contribution in [0.3, 0.4) is 0 Å². The number of aromatic nitrogens is 4. The summed E-state index contributed by atoms with van der Waals surface area (Å²) in [4.78, 5) is 18.3. The van der Waals surface area contributed by atoms with Gasteiger partial charge >= 0.3 is 0 Å². The van der Waals surface area contributed by atoms with Gasteiger partial charge in [-0.05, 0) is 18.6 Å². The molecule has 0 fully saturated rings. The van der Waals surface area contributed by atoms with Crippen LogP contribution in [0.2, 0.25) is 5.15 Å². The molecule has 2 aromatic heterocycles. The quantitative estimate of drug-likeness (QED) is 0.522. The summed E-state index contributed by atoms with van der Waals surface area (Å²) in [5.41, 5.74) is 7.33. The van der Waals surface area contributed by atoms with Crippen LogP contribution >= 0.6 is 11.6 Å². The molecule has 6 nitrogen and oxygen atoms in total. The van der Waals surface area contributed by atoms with Gasteiger partial charge in [-0.3, -0.25) is 4.79 Å². The SMILES string of the molecule is CCc1c(C=CC=O)cnn1-c1cc(Cl)nc(N)n1. The second-order valence-electron chi connectivity index (χ2n) is 3.71. The highest BCUT2D eigenvalue weighted by Gasteiger charge is 2.11. The van der Waals surface area contributed by atoms with Crippen molar-refractivity contribution in [1.82, 2.24) is 19.7 Å². The molecule has 2 N–H and O–H groups in total. The first-order valence-electron chi connectivity index (χ1n) is 5.65. The van der Waals surface area contributed by atoms with E-state index < -0.39 is 0 Å². The third-order valence-corrected chi connectivity index (χ3v) is 2.70. The van der Waals surface area contributed by atoms with Gasteiger partial charge in [0.15, 0.2) is 5.82 Å². The van der Waals surface area contributed by atoms with Gasteiger partial charge in [-0.15, -0.1) is 0 Å². The summed E-state index contributed by atoms with van der Waals surface area (Å²) in [5.74, 6) is 0.588. The fourth-order valence-electron chi connectivity index (χ4n) is 1.75. The maximum atomic E-state index is 10.4. The van der Waals surface area contributed by atoms with Crippen molar-refractivity contribution >= 4 is 29.9 Å². The molecule has 2 aromatic rings. The minimum Gasteiger partial charge on any atom is -0.368 e. The van der Waals surface area contributed by atoms with Crippen molar-refractivity contribution in [2.24, 2.45) is 0 Å². The third kappa shape index (κ3) is 2.79. The van der Waals surface area contributed by atoms with Crippen LogP contribution in [0.5, 0.6) is 0 Å². The van der Waals surface area contributed by atoms with Crippen LogP contribution in [-0.4, -0.2) is 26.0 Å². The number of carbonyl (C=O) groups excluding carboxylic acids is 1. The zero-order chi connectivity index (χ0) is 13.8. The first-order chi connectivity index (χ1) is 9.15. The van der Waals surface area contributed by atoms with Crippen LogP contribution in [0.25, 0.3) is 11.9 Å². The summed E-state index contributed by atoms with van der Waals surface area (Å²) in [6.07, 6.45) is 6.21. The van der Waals surface area contributed by atoms with Crippen molar-refractivity contribution in [1.29, 1.82) is 0 Å². The molecule has 0 aliphatic carbocycles. The van der Waals surface area contributed by atoms with Crippen LogP contribution in [0.4, 0.5) is 5.95 Å². The third-order valence-electron chi connectivity index (χ3n) is 2.51. The van der Waals surface area contributed by atoms with Gasteiger partial charge in [0.1, 0.15) is 11.4 Å². The monoisotopic (exact) mass is 277 g/mol. The summed E-state index contributed by atoms with van der Waals surface area (Å²) < 4.78 is 1.63. The number of nitrogen functional groups attached to an aromatic ring is 1. The van der Waals surface area contributed by atoms with Gasteiger partial charge in [0.05, 0.1) is 11.9 Å². The second-order valence-corrected chi connectivity index (χ2v) is 4.10. The summed E-state index contributed by atoms with van der Waals surface area (Å²) in [5, 5.41) is 4.49. The van der Waals surface area contributed by atoms with Crippen LogP contribution < -0.4 is 5.73 Å². The van der Waals surface area contributed by atoms with E-state index in [0.29, 0.717) is 5.82 Å². The molecule has 0 atom stereocenters. The number of hydrogen-bond acceptors (Lipinski definition) is 5. The number of nitrogens with two attached hydrogens (primary N) is 1. The first kappa shape index (κ1) is 13.2. The summed E-state index contributed by atoms with van der Waals surface area (Å²) >= 11 is 5.85. The highest BCUT2D eigenvalue weighted by atomic mass is 35.5. The lowest BCUT2D eigenvalue weighted by atomic mass is 10.2. The number of allylic oxidation sites excluding steroid dienone is 1. The molecule has 0 bridgehead atoms. The predicted octanol–water partition coefficient (Wildman–Crippen LogP) is 1.67. The van der Waals surface area contributed by atoms with Crippen molar-refractivity contribution in [2.75, 3.05) is 5.73 Å². The van der Waals surface area contributed by atoms with Gasteiger partial charge in [-0.25, -0.2) is 9.67 Å². The zero-order valence-electron chi connectivity index (χ0n) is 10.2. The maximum absolute atomic E-state index is 10.4.